The average molecular weight is 421 g/mol. The van der Waals surface area contributed by atoms with Crippen LogP contribution in [0.4, 0.5) is 0 Å². The van der Waals surface area contributed by atoms with Crippen molar-refractivity contribution in [2.75, 3.05) is 13.1 Å². The number of carbonyl (C=O) groups excluding carboxylic acids is 1. The quantitative estimate of drug-likeness (QED) is 0.618. The van der Waals surface area contributed by atoms with E-state index in [-0.39, 0.29) is 24.1 Å². The third-order valence-electron chi connectivity index (χ3n) is 6.21. The van der Waals surface area contributed by atoms with Crippen molar-refractivity contribution in [2.24, 2.45) is 0 Å². The summed E-state index contributed by atoms with van der Waals surface area (Å²) < 4.78 is 5.44. The molecule has 1 aromatic heterocycles. The van der Waals surface area contributed by atoms with Crippen LogP contribution in [-0.4, -0.2) is 35.0 Å². The lowest BCUT2D eigenvalue weighted by atomic mass is 10.00. The van der Waals surface area contributed by atoms with Crippen LogP contribution in [-0.2, 0) is 17.8 Å². The molecule has 0 aliphatic carbocycles. The Morgan fingerprint density at radius 2 is 1.81 bits per heavy atom. The summed E-state index contributed by atoms with van der Waals surface area (Å²) >= 11 is 0. The maximum Gasteiger partial charge on any atom is 0.340 e. The first kappa shape index (κ1) is 21.1. The summed E-state index contributed by atoms with van der Waals surface area (Å²) in [5.74, 6) is -0.0779. The normalized spacial score (nSPS) is 15.3. The number of fused-ring (bicyclic) bond motifs is 1. The highest BCUT2D eigenvalue weighted by Crippen LogP contribution is 2.28. The summed E-state index contributed by atoms with van der Waals surface area (Å²) in [5, 5.41) is 13.7. The molecule has 6 nitrogen and oxygen atoms in total. The molecule has 0 saturated carbocycles. The third-order valence-corrected chi connectivity index (χ3v) is 6.21. The van der Waals surface area contributed by atoms with Gasteiger partial charge in [0, 0.05) is 36.6 Å². The van der Waals surface area contributed by atoms with Crippen molar-refractivity contribution in [1.82, 2.24) is 10.2 Å². The largest absolute Gasteiger partial charge is 0.508 e. The van der Waals surface area contributed by atoms with Crippen LogP contribution in [0.2, 0.25) is 0 Å². The van der Waals surface area contributed by atoms with Gasteiger partial charge in [0.25, 0.3) is 0 Å². The van der Waals surface area contributed by atoms with E-state index in [4.69, 9.17) is 4.42 Å². The Morgan fingerprint density at radius 3 is 2.52 bits per heavy atom. The second-order valence-electron chi connectivity index (χ2n) is 8.36. The van der Waals surface area contributed by atoms with E-state index in [0.29, 0.717) is 16.7 Å². The molecule has 162 valence electrons. The molecule has 1 amide bonds. The number of benzene rings is 2. The van der Waals surface area contributed by atoms with Gasteiger partial charge in [0.15, 0.2) is 0 Å². The molecule has 6 heteroatoms. The molecular formula is C25H28N2O4. The van der Waals surface area contributed by atoms with E-state index in [2.05, 4.69) is 34.5 Å². The monoisotopic (exact) mass is 420 g/mol. The second-order valence-corrected chi connectivity index (χ2v) is 8.36. The number of aryl methyl sites for hydroxylation is 2. The molecule has 1 saturated heterocycles. The fraction of sp³-hybridized carbons (Fsp3) is 0.360. The van der Waals surface area contributed by atoms with Gasteiger partial charge in [-0.05, 0) is 49.9 Å². The molecule has 0 bridgehead atoms. The second kappa shape index (κ2) is 8.94. The zero-order valence-electron chi connectivity index (χ0n) is 18.0. The summed E-state index contributed by atoms with van der Waals surface area (Å²) in [6.45, 7) is 6.31. The van der Waals surface area contributed by atoms with Crippen molar-refractivity contribution < 1.29 is 14.3 Å². The van der Waals surface area contributed by atoms with Gasteiger partial charge in [0.1, 0.15) is 11.3 Å². The Balaban J connectivity index is 1.38. The third kappa shape index (κ3) is 4.64. The number of hydrogen-bond donors (Lipinski definition) is 2. The Hall–Kier alpha value is -3.12. The van der Waals surface area contributed by atoms with Crippen LogP contribution in [0, 0.1) is 13.8 Å². The highest BCUT2D eigenvalue weighted by atomic mass is 16.4. The molecule has 2 heterocycles. The molecule has 1 fully saturated rings. The van der Waals surface area contributed by atoms with Crippen LogP contribution < -0.4 is 10.9 Å². The van der Waals surface area contributed by atoms with Gasteiger partial charge in [-0.3, -0.25) is 9.69 Å². The first-order chi connectivity index (χ1) is 14.9. The average Bonchev–Trinajstić information content (AvgIpc) is 2.76. The summed E-state index contributed by atoms with van der Waals surface area (Å²) in [7, 11) is 0. The lowest BCUT2D eigenvalue weighted by Crippen LogP contribution is -2.45. The molecule has 1 aliphatic heterocycles. The number of nitrogens with zero attached hydrogens (tertiary/aromatic N) is 1. The number of piperidine rings is 1. The van der Waals surface area contributed by atoms with Crippen molar-refractivity contribution in [1.29, 1.82) is 0 Å². The van der Waals surface area contributed by atoms with Gasteiger partial charge in [-0.1, -0.05) is 30.3 Å². The predicted octanol–water partition coefficient (Wildman–Crippen LogP) is 3.44. The molecule has 0 spiro atoms. The van der Waals surface area contributed by atoms with Gasteiger partial charge in [-0.25, -0.2) is 4.79 Å². The number of rotatable bonds is 5. The summed E-state index contributed by atoms with van der Waals surface area (Å²) in [4.78, 5) is 27.6. The van der Waals surface area contributed by atoms with Crippen molar-refractivity contribution in [3.8, 4) is 5.75 Å². The number of hydrogen-bond acceptors (Lipinski definition) is 5. The Kier molecular flexibility index (Phi) is 6.09. The van der Waals surface area contributed by atoms with Crippen LogP contribution in [0.15, 0.2) is 51.7 Å². The molecule has 3 aromatic rings. The highest BCUT2D eigenvalue weighted by molar-refractivity contribution is 5.87. The fourth-order valence-corrected chi connectivity index (χ4v) is 4.30. The number of phenols is 1. The van der Waals surface area contributed by atoms with E-state index >= 15 is 0 Å². The van der Waals surface area contributed by atoms with Crippen molar-refractivity contribution in [3.05, 3.63) is 75.1 Å². The van der Waals surface area contributed by atoms with Gasteiger partial charge in [-0.15, -0.1) is 0 Å². The van der Waals surface area contributed by atoms with E-state index in [1.807, 2.05) is 13.0 Å². The molecule has 1 aliphatic rings. The van der Waals surface area contributed by atoms with Crippen molar-refractivity contribution >= 4 is 16.9 Å². The summed E-state index contributed by atoms with van der Waals surface area (Å²) in [5.41, 5.74) is 2.77. The lowest BCUT2D eigenvalue weighted by Gasteiger charge is -2.32. The molecule has 2 aromatic carbocycles. The molecule has 4 rings (SSSR count). The number of aromatic hydroxyl groups is 1. The first-order valence-corrected chi connectivity index (χ1v) is 10.7. The van der Waals surface area contributed by atoms with Crippen molar-refractivity contribution in [3.63, 3.8) is 0 Å². The van der Waals surface area contributed by atoms with Gasteiger partial charge >= 0.3 is 5.63 Å². The Labute approximate surface area is 181 Å². The fourth-order valence-electron chi connectivity index (χ4n) is 4.30. The summed E-state index contributed by atoms with van der Waals surface area (Å²) in [6, 6.07) is 13.8. The van der Waals surface area contributed by atoms with Crippen LogP contribution >= 0.6 is 0 Å². The SMILES string of the molecule is Cc1c(CC(=O)NC2CCN(Cc3ccccc3)CC2)c(=O)oc2c(C)c(O)ccc12. The van der Waals surface area contributed by atoms with Crippen LogP contribution in [0.5, 0.6) is 5.75 Å². The zero-order chi connectivity index (χ0) is 22.0. The van der Waals surface area contributed by atoms with E-state index < -0.39 is 5.63 Å². The molecular weight excluding hydrogens is 392 g/mol. The minimum atomic E-state index is -0.522. The minimum absolute atomic E-state index is 0.00569. The Morgan fingerprint density at radius 1 is 1.10 bits per heavy atom. The molecule has 0 radical (unpaired) electrons. The predicted molar refractivity (Wildman–Crippen MR) is 120 cm³/mol. The van der Waals surface area contributed by atoms with Crippen molar-refractivity contribution in [2.45, 2.75) is 45.7 Å². The summed E-state index contributed by atoms with van der Waals surface area (Å²) in [6.07, 6.45) is 1.78. The maximum atomic E-state index is 12.7. The first-order valence-electron chi connectivity index (χ1n) is 10.7. The Bertz CT molecular complexity index is 1150. The van der Waals surface area contributed by atoms with Crippen LogP contribution in [0.1, 0.15) is 35.1 Å². The molecule has 2 N–H and O–H groups in total. The lowest BCUT2D eigenvalue weighted by molar-refractivity contribution is -0.121. The van der Waals surface area contributed by atoms with Crippen LogP contribution in [0.25, 0.3) is 11.0 Å². The number of carbonyl (C=O) groups is 1. The number of phenolic OH excluding ortho intramolecular Hbond substituents is 1. The topological polar surface area (TPSA) is 82.8 Å². The minimum Gasteiger partial charge on any atom is -0.508 e. The van der Waals surface area contributed by atoms with E-state index in [1.165, 1.54) is 5.56 Å². The van der Waals surface area contributed by atoms with E-state index in [1.54, 1.807) is 19.1 Å². The van der Waals surface area contributed by atoms with Gasteiger partial charge < -0.3 is 14.8 Å². The van der Waals surface area contributed by atoms with E-state index in [9.17, 15) is 14.7 Å². The molecule has 0 unspecified atom stereocenters. The van der Waals surface area contributed by atoms with Gasteiger partial charge in [0.2, 0.25) is 5.91 Å². The zero-order valence-corrected chi connectivity index (χ0v) is 18.0. The van der Waals surface area contributed by atoms with Gasteiger partial charge in [-0.2, -0.15) is 0 Å². The molecule has 31 heavy (non-hydrogen) atoms. The maximum absolute atomic E-state index is 12.7. The number of likely N-dealkylation sites (tertiary alicyclic amines) is 1. The smallest absolute Gasteiger partial charge is 0.340 e. The standard InChI is InChI=1S/C25H28N2O4/c1-16-20-8-9-22(28)17(2)24(20)31-25(30)21(16)14-23(29)26-19-10-12-27(13-11-19)15-18-6-4-3-5-7-18/h3-9,19,28H,10-15H2,1-2H3,(H,26,29). The molecule has 0 atom stereocenters. The van der Waals surface area contributed by atoms with Gasteiger partial charge in [0.05, 0.1) is 12.0 Å². The number of amides is 1. The number of nitrogens with one attached hydrogen (secondary N) is 1. The highest BCUT2D eigenvalue weighted by Gasteiger charge is 2.22. The van der Waals surface area contributed by atoms with E-state index in [0.717, 1.165) is 43.4 Å². The van der Waals surface area contributed by atoms with Crippen LogP contribution in [0.3, 0.4) is 0 Å².